The van der Waals surface area contributed by atoms with E-state index in [4.69, 9.17) is 0 Å². The van der Waals surface area contributed by atoms with Gasteiger partial charge in [0.15, 0.2) is 5.78 Å². The molecule has 1 aliphatic rings. The molecule has 0 spiro atoms. The Labute approximate surface area is 90.8 Å². The minimum absolute atomic E-state index is 0.0833. The van der Waals surface area contributed by atoms with Crippen molar-refractivity contribution in [2.45, 2.75) is 19.8 Å². The van der Waals surface area contributed by atoms with Crippen LogP contribution in [0.25, 0.3) is 0 Å². The maximum atomic E-state index is 10.7. The summed E-state index contributed by atoms with van der Waals surface area (Å²) in [6, 6.07) is 0. The number of hydrogen-bond donors (Lipinski definition) is 0. The highest BCUT2D eigenvalue weighted by Gasteiger charge is 2.15. The molecule has 0 aromatic carbocycles. The van der Waals surface area contributed by atoms with Crippen molar-refractivity contribution in [3.8, 4) is 0 Å². The van der Waals surface area contributed by atoms with Crippen molar-refractivity contribution < 1.29 is 9.59 Å². The maximum Gasteiger partial charge on any atom is 0.226 e. The molecule has 1 rings (SSSR count). The molecular formula is C12H17NO2. The zero-order valence-electron chi connectivity index (χ0n) is 9.16. The van der Waals surface area contributed by atoms with Gasteiger partial charge in [-0.15, -0.1) is 0 Å². The fraction of sp³-hybridized carbons (Fsp3) is 0.333. The molecule has 0 unspecified atom stereocenters. The van der Waals surface area contributed by atoms with Gasteiger partial charge >= 0.3 is 0 Å². The normalized spacial score (nSPS) is 13.9. The number of ketones is 1. The van der Waals surface area contributed by atoms with Gasteiger partial charge in [0.25, 0.3) is 0 Å². The van der Waals surface area contributed by atoms with E-state index in [0.717, 1.165) is 13.0 Å². The van der Waals surface area contributed by atoms with E-state index in [2.05, 4.69) is 19.7 Å². The molecule has 1 fully saturated rings. The maximum absolute atomic E-state index is 10.7. The van der Waals surface area contributed by atoms with Crippen molar-refractivity contribution in [3.63, 3.8) is 0 Å². The summed E-state index contributed by atoms with van der Waals surface area (Å²) in [5, 5.41) is 0. The van der Waals surface area contributed by atoms with E-state index >= 15 is 0 Å². The lowest BCUT2D eigenvalue weighted by molar-refractivity contribution is -0.125. The van der Waals surface area contributed by atoms with Crippen molar-refractivity contribution in [2.24, 2.45) is 0 Å². The average molecular weight is 207 g/mol. The van der Waals surface area contributed by atoms with Crippen molar-refractivity contribution in [1.82, 2.24) is 4.90 Å². The second-order valence-electron chi connectivity index (χ2n) is 3.22. The topological polar surface area (TPSA) is 37.4 Å². The molecule has 3 nitrogen and oxygen atoms in total. The van der Waals surface area contributed by atoms with Gasteiger partial charge in [0.1, 0.15) is 0 Å². The van der Waals surface area contributed by atoms with Crippen LogP contribution in [0.1, 0.15) is 19.8 Å². The molecule has 0 bridgehead atoms. The highest BCUT2D eigenvalue weighted by atomic mass is 16.2. The molecule has 1 aliphatic heterocycles. The minimum atomic E-state index is -0.0833. The van der Waals surface area contributed by atoms with Gasteiger partial charge in [-0.25, -0.2) is 0 Å². The molecule has 1 heterocycles. The first-order chi connectivity index (χ1) is 7.02. The van der Waals surface area contributed by atoms with Gasteiger partial charge in [-0.05, 0) is 31.2 Å². The Balaban J connectivity index is 0.000000265. The van der Waals surface area contributed by atoms with Crippen LogP contribution in [0.4, 0.5) is 0 Å². The quantitative estimate of drug-likeness (QED) is 0.664. The Morgan fingerprint density at radius 1 is 1.47 bits per heavy atom. The van der Waals surface area contributed by atoms with E-state index < -0.39 is 0 Å². The van der Waals surface area contributed by atoms with Crippen LogP contribution in [0.2, 0.25) is 0 Å². The minimum Gasteiger partial charge on any atom is -0.320 e. The van der Waals surface area contributed by atoms with Crippen molar-refractivity contribution >= 4 is 11.7 Å². The van der Waals surface area contributed by atoms with Gasteiger partial charge in [-0.3, -0.25) is 9.59 Å². The van der Waals surface area contributed by atoms with Crippen LogP contribution in [0, 0.1) is 0 Å². The molecule has 1 amide bonds. The Kier molecular flexibility index (Phi) is 6.02. The van der Waals surface area contributed by atoms with Crippen LogP contribution in [-0.2, 0) is 9.59 Å². The van der Waals surface area contributed by atoms with Gasteiger partial charge in [-0.1, -0.05) is 19.7 Å². The highest BCUT2D eigenvalue weighted by Crippen LogP contribution is 2.08. The molecule has 0 atom stereocenters. The molecule has 0 aromatic heterocycles. The van der Waals surface area contributed by atoms with Crippen LogP contribution in [-0.4, -0.2) is 23.1 Å². The van der Waals surface area contributed by atoms with Crippen LogP contribution in [0.15, 0.2) is 37.6 Å². The summed E-state index contributed by atoms with van der Waals surface area (Å²) in [5.74, 6) is 0.125. The molecule has 0 aromatic rings. The largest absolute Gasteiger partial charge is 0.320 e. The number of carbonyl (C=O) groups is 2. The van der Waals surface area contributed by atoms with E-state index in [9.17, 15) is 9.59 Å². The van der Waals surface area contributed by atoms with Gasteiger partial charge in [0.2, 0.25) is 5.91 Å². The summed E-state index contributed by atoms with van der Waals surface area (Å²) < 4.78 is 0. The van der Waals surface area contributed by atoms with Crippen molar-refractivity contribution in [2.75, 3.05) is 6.54 Å². The fourth-order valence-electron chi connectivity index (χ4n) is 1.04. The zero-order chi connectivity index (χ0) is 11.8. The third-order valence-electron chi connectivity index (χ3n) is 1.94. The third-order valence-corrected chi connectivity index (χ3v) is 1.94. The number of rotatable bonds is 3. The summed E-state index contributed by atoms with van der Waals surface area (Å²) in [5.41, 5.74) is 0.537. The molecule has 82 valence electrons. The predicted molar refractivity (Wildman–Crippen MR) is 61.2 cm³/mol. The van der Waals surface area contributed by atoms with Crippen LogP contribution in [0.3, 0.4) is 0 Å². The van der Waals surface area contributed by atoms with Crippen LogP contribution < -0.4 is 0 Å². The van der Waals surface area contributed by atoms with Crippen LogP contribution >= 0.6 is 0 Å². The van der Waals surface area contributed by atoms with Gasteiger partial charge in [0.05, 0.1) is 0 Å². The first kappa shape index (κ1) is 13.4. The molecule has 3 heteroatoms. The summed E-state index contributed by atoms with van der Waals surface area (Å²) in [6.07, 6.45) is 4.54. The monoisotopic (exact) mass is 207 g/mol. The van der Waals surface area contributed by atoms with E-state index in [1.165, 1.54) is 6.08 Å². The Morgan fingerprint density at radius 2 is 2.07 bits per heavy atom. The fourth-order valence-corrected chi connectivity index (χ4v) is 1.04. The Bertz CT molecular complexity index is 292. The van der Waals surface area contributed by atoms with E-state index in [-0.39, 0.29) is 11.7 Å². The number of amides is 1. The second kappa shape index (κ2) is 6.76. The van der Waals surface area contributed by atoms with Gasteiger partial charge < -0.3 is 4.90 Å². The van der Waals surface area contributed by atoms with Gasteiger partial charge in [0, 0.05) is 13.0 Å². The van der Waals surface area contributed by atoms with Gasteiger partial charge in [-0.2, -0.15) is 0 Å². The Hall–Kier alpha value is -1.64. The predicted octanol–water partition coefficient (Wildman–Crippen LogP) is 2.07. The molecule has 15 heavy (non-hydrogen) atoms. The summed E-state index contributed by atoms with van der Waals surface area (Å²) in [4.78, 5) is 22.6. The van der Waals surface area contributed by atoms with E-state index in [0.29, 0.717) is 12.0 Å². The molecule has 0 radical (unpaired) electrons. The first-order valence-corrected chi connectivity index (χ1v) is 4.77. The lowest BCUT2D eigenvalue weighted by atomic mass is 10.2. The molecule has 0 saturated carbocycles. The number of likely N-dealkylation sites (tertiary alicyclic amines) is 1. The molecule has 0 N–H and O–H groups in total. The summed E-state index contributed by atoms with van der Waals surface area (Å²) in [7, 11) is 0. The summed E-state index contributed by atoms with van der Waals surface area (Å²) in [6.45, 7) is 12.7. The number of allylic oxidation sites excluding steroid dienone is 2. The van der Waals surface area contributed by atoms with Crippen molar-refractivity contribution in [1.29, 1.82) is 0 Å². The van der Waals surface area contributed by atoms with E-state index in [1.54, 1.807) is 18.0 Å². The SMILES string of the molecule is C=CC(=O)C(=C)C.C=CN1CCCC1=O. The first-order valence-electron chi connectivity index (χ1n) is 4.77. The standard InChI is InChI=1S/C6H9NO.C6H8O/c1-2-7-5-3-4-6(7)8;1-4-6(7)5(2)3/h2H,1,3-5H2;4H,1-2H2,3H3. The summed E-state index contributed by atoms with van der Waals surface area (Å²) >= 11 is 0. The lowest BCUT2D eigenvalue weighted by Gasteiger charge is -2.05. The highest BCUT2D eigenvalue weighted by molar-refractivity contribution is 6.02. The number of carbonyl (C=O) groups excluding carboxylic acids is 2. The van der Waals surface area contributed by atoms with Crippen molar-refractivity contribution in [3.05, 3.63) is 37.6 Å². The smallest absolute Gasteiger partial charge is 0.226 e. The molecular weight excluding hydrogens is 190 g/mol. The number of hydrogen-bond acceptors (Lipinski definition) is 2. The lowest BCUT2D eigenvalue weighted by Crippen LogP contribution is -2.16. The molecule has 0 aliphatic carbocycles. The Morgan fingerprint density at radius 3 is 2.20 bits per heavy atom. The zero-order valence-corrected chi connectivity index (χ0v) is 9.16. The second-order valence-corrected chi connectivity index (χ2v) is 3.22. The number of nitrogens with zero attached hydrogens (tertiary/aromatic N) is 1. The molecule has 1 saturated heterocycles. The average Bonchev–Trinajstić information content (AvgIpc) is 2.63. The van der Waals surface area contributed by atoms with Crippen LogP contribution in [0.5, 0.6) is 0 Å². The third kappa shape index (κ3) is 4.96. The van der Waals surface area contributed by atoms with E-state index in [1.807, 2.05) is 0 Å².